The van der Waals surface area contributed by atoms with E-state index in [1.165, 1.54) is 4.90 Å². The Morgan fingerprint density at radius 3 is 2.44 bits per heavy atom. The first-order chi connectivity index (χ1) is 12.0. The van der Waals surface area contributed by atoms with Crippen LogP contribution < -0.4 is 4.74 Å². The van der Waals surface area contributed by atoms with Crippen LogP contribution in [-0.2, 0) is 14.3 Å². The van der Waals surface area contributed by atoms with Gasteiger partial charge in [0.1, 0.15) is 5.75 Å². The quantitative estimate of drug-likeness (QED) is 0.434. The molecule has 1 amide bonds. The Morgan fingerprint density at radius 1 is 1.20 bits per heavy atom. The first-order valence-corrected chi connectivity index (χ1v) is 8.29. The fourth-order valence-electron chi connectivity index (χ4n) is 2.67. The Balaban J connectivity index is 2.42. The number of carbonyl (C=O) groups excluding carboxylic acids is 2. The van der Waals surface area contributed by atoms with Crippen LogP contribution in [0, 0.1) is 0 Å². The maximum Gasteiger partial charge on any atom is 0.340 e. The molecule has 0 aliphatic carbocycles. The van der Waals surface area contributed by atoms with Gasteiger partial charge in [-0.3, -0.25) is 4.79 Å². The van der Waals surface area contributed by atoms with E-state index in [9.17, 15) is 9.59 Å². The zero-order valence-electron chi connectivity index (χ0n) is 14.9. The Kier molecular flexibility index (Phi) is 6.17. The molecule has 1 aliphatic heterocycles. The predicted octanol–water partition coefficient (Wildman–Crippen LogP) is 3.33. The average molecular weight is 341 g/mol. The molecular weight excluding hydrogens is 318 g/mol. The summed E-state index contributed by atoms with van der Waals surface area (Å²) in [6.45, 7) is 10.2. The summed E-state index contributed by atoms with van der Waals surface area (Å²) >= 11 is 0. The highest BCUT2D eigenvalue weighted by Crippen LogP contribution is 2.31. The first-order valence-electron chi connectivity index (χ1n) is 8.29. The van der Waals surface area contributed by atoms with E-state index in [0.29, 0.717) is 30.0 Å². The molecule has 1 aromatic carbocycles. The van der Waals surface area contributed by atoms with Gasteiger partial charge in [-0.15, -0.1) is 6.58 Å². The van der Waals surface area contributed by atoms with Crippen molar-refractivity contribution in [2.24, 2.45) is 0 Å². The number of ether oxygens (including phenoxy) is 2. The molecule has 2 rings (SSSR count). The van der Waals surface area contributed by atoms with Gasteiger partial charge in [0.15, 0.2) is 0 Å². The average Bonchev–Trinajstić information content (AvgIpc) is 2.82. The fourth-order valence-corrected chi connectivity index (χ4v) is 2.67. The first kappa shape index (κ1) is 18.5. The molecule has 1 aromatic rings. The van der Waals surface area contributed by atoms with Crippen molar-refractivity contribution in [3.63, 3.8) is 0 Å². The summed E-state index contributed by atoms with van der Waals surface area (Å²) in [5.74, 6) is 0.0412. The summed E-state index contributed by atoms with van der Waals surface area (Å²) in [5, 5.41) is 0. The lowest BCUT2D eigenvalue weighted by Gasteiger charge is -2.14. The third-order valence-corrected chi connectivity index (χ3v) is 3.80. The molecule has 5 heteroatoms. The number of hydrogen-bond donors (Lipinski definition) is 0. The fraction of sp³-hybridized carbons (Fsp3) is 0.300. The van der Waals surface area contributed by atoms with Gasteiger partial charge in [-0.1, -0.05) is 18.2 Å². The number of esters is 1. The van der Waals surface area contributed by atoms with Crippen molar-refractivity contribution in [1.82, 2.24) is 4.90 Å². The Morgan fingerprint density at radius 2 is 1.88 bits per heavy atom. The standard InChI is InChI=1S/C20H23NO4/c1-5-12-21-14(4)18(20(23)25-7-3)17(19(21)22)13-15-8-10-16(11-9-15)24-6-2/h5,8-11,13H,1,6-7,12H2,2-4H3. The summed E-state index contributed by atoms with van der Waals surface area (Å²) in [6.07, 6.45) is 3.33. The molecule has 1 heterocycles. The Bertz CT molecular complexity index is 729. The van der Waals surface area contributed by atoms with Gasteiger partial charge in [-0.05, 0) is 44.5 Å². The number of nitrogens with zero attached hydrogens (tertiary/aromatic N) is 1. The molecule has 0 saturated carbocycles. The smallest absolute Gasteiger partial charge is 0.340 e. The largest absolute Gasteiger partial charge is 0.494 e. The van der Waals surface area contributed by atoms with Gasteiger partial charge in [0.25, 0.3) is 5.91 Å². The lowest BCUT2D eigenvalue weighted by molar-refractivity contribution is -0.138. The van der Waals surface area contributed by atoms with Crippen LogP contribution in [0.15, 0.2) is 53.8 Å². The molecule has 0 aromatic heterocycles. The topological polar surface area (TPSA) is 55.8 Å². The van der Waals surface area contributed by atoms with E-state index < -0.39 is 5.97 Å². The van der Waals surface area contributed by atoms with Crippen molar-refractivity contribution in [1.29, 1.82) is 0 Å². The predicted molar refractivity (Wildman–Crippen MR) is 96.8 cm³/mol. The van der Waals surface area contributed by atoms with Crippen LogP contribution in [0.4, 0.5) is 0 Å². The van der Waals surface area contributed by atoms with Gasteiger partial charge in [-0.2, -0.15) is 0 Å². The van der Waals surface area contributed by atoms with E-state index in [-0.39, 0.29) is 12.5 Å². The van der Waals surface area contributed by atoms with Crippen LogP contribution >= 0.6 is 0 Å². The van der Waals surface area contributed by atoms with Gasteiger partial charge < -0.3 is 14.4 Å². The van der Waals surface area contributed by atoms with Crippen molar-refractivity contribution < 1.29 is 19.1 Å². The van der Waals surface area contributed by atoms with Gasteiger partial charge in [0.2, 0.25) is 0 Å². The van der Waals surface area contributed by atoms with E-state index in [2.05, 4.69) is 6.58 Å². The molecule has 0 spiro atoms. The van der Waals surface area contributed by atoms with E-state index in [1.807, 2.05) is 31.2 Å². The summed E-state index contributed by atoms with van der Waals surface area (Å²) in [7, 11) is 0. The zero-order chi connectivity index (χ0) is 18.4. The third-order valence-electron chi connectivity index (χ3n) is 3.80. The molecule has 0 fully saturated rings. The van der Waals surface area contributed by atoms with Crippen LogP contribution in [0.5, 0.6) is 5.75 Å². The lowest BCUT2D eigenvalue weighted by atomic mass is 10.0. The van der Waals surface area contributed by atoms with Crippen LogP contribution in [-0.4, -0.2) is 36.5 Å². The van der Waals surface area contributed by atoms with Crippen molar-refractivity contribution in [3.05, 3.63) is 59.3 Å². The van der Waals surface area contributed by atoms with Gasteiger partial charge in [-0.25, -0.2) is 4.79 Å². The van der Waals surface area contributed by atoms with Gasteiger partial charge >= 0.3 is 5.97 Å². The number of hydrogen-bond acceptors (Lipinski definition) is 4. The second kappa shape index (κ2) is 8.33. The zero-order valence-corrected chi connectivity index (χ0v) is 14.9. The number of rotatable bonds is 7. The monoisotopic (exact) mass is 341 g/mol. The van der Waals surface area contributed by atoms with Crippen molar-refractivity contribution >= 4 is 18.0 Å². The van der Waals surface area contributed by atoms with Crippen LogP contribution in [0.2, 0.25) is 0 Å². The number of amides is 1. The molecule has 0 radical (unpaired) electrons. The molecule has 0 saturated heterocycles. The molecule has 5 nitrogen and oxygen atoms in total. The second-order valence-corrected chi connectivity index (χ2v) is 5.45. The highest BCUT2D eigenvalue weighted by atomic mass is 16.5. The van der Waals surface area contributed by atoms with Crippen LogP contribution in [0.25, 0.3) is 6.08 Å². The lowest BCUT2D eigenvalue weighted by Crippen LogP contribution is -2.24. The number of allylic oxidation sites excluding steroid dienone is 1. The highest BCUT2D eigenvalue weighted by molar-refractivity contribution is 6.16. The van der Waals surface area contributed by atoms with Crippen LogP contribution in [0.3, 0.4) is 0 Å². The summed E-state index contributed by atoms with van der Waals surface area (Å²) in [6, 6.07) is 7.36. The van der Waals surface area contributed by atoms with E-state index in [0.717, 1.165) is 11.3 Å². The molecule has 0 N–H and O–H groups in total. The van der Waals surface area contributed by atoms with E-state index in [1.54, 1.807) is 26.0 Å². The van der Waals surface area contributed by atoms with Crippen molar-refractivity contribution in [2.75, 3.05) is 19.8 Å². The van der Waals surface area contributed by atoms with Gasteiger partial charge in [0.05, 0.1) is 24.4 Å². The molecule has 0 unspecified atom stereocenters. The van der Waals surface area contributed by atoms with E-state index in [4.69, 9.17) is 9.47 Å². The Hall–Kier alpha value is -2.82. The normalized spacial score (nSPS) is 15.7. The van der Waals surface area contributed by atoms with Crippen LogP contribution in [0.1, 0.15) is 26.3 Å². The minimum absolute atomic E-state index is 0.227. The summed E-state index contributed by atoms with van der Waals surface area (Å²) in [5.41, 5.74) is 2.03. The van der Waals surface area contributed by atoms with Crippen molar-refractivity contribution in [2.45, 2.75) is 20.8 Å². The molecule has 0 bridgehead atoms. The molecule has 132 valence electrons. The molecule has 0 atom stereocenters. The Labute approximate surface area is 148 Å². The summed E-state index contributed by atoms with van der Waals surface area (Å²) < 4.78 is 10.5. The minimum Gasteiger partial charge on any atom is -0.494 e. The minimum atomic E-state index is -0.489. The molecular formula is C20H23NO4. The summed E-state index contributed by atoms with van der Waals surface area (Å²) in [4.78, 5) is 26.6. The number of benzene rings is 1. The maximum atomic E-state index is 12.7. The third kappa shape index (κ3) is 3.99. The maximum absolute atomic E-state index is 12.7. The highest BCUT2D eigenvalue weighted by Gasteiger charge is 2.36. The molecule has 1 aliphatic rings. The van der Waals surface area contributed by atoms with Crippen molar-refractivity contribution in [3.8, 4) is 5.75 Å². The van der Waals surface area contributed by atoms with Gasteiger partial charge in [0, 0.05) is 12.2 Å². The molecule has 25 heavy (non-hydrogen) atoms. The SMILES string of the molecule is C=CCN1C(=O)C(=Cc2ccc(OCC)cc2)C(C(=O)OCC)=C1C. The van der Waals surface area contributed by atoms with E-state index >= 15 is 0 Å². The second-order valence-electron chi connectivity index (χ2n) is 5.45. The number of carbonyl (C=O) groups is 2.